The maximum Gasteiger partial charge on any atom is 0.123 e. The average Bonchev–Trinajstić information content (AvgIpc) is 2.20. The van der Waals surface area contributed by atoms with E-state index in [1.54, 1.807) is 6.07 Å². The molecule has 0 unspecified atom stereocenters. The molecular weight excluding hydrogens is 229 g/mol. The van der Waals surface area contributed by atoms with E-state index in [0.29, 0.717) is 24.5 Å². The highest BCUT2D eigenvalue weighted by Crippen LogP contribution is 2.18. The summed E-state index contributed by atoms with van der Waals surface area (Å²) in [5.74, 6) is -0.142. The summed E-state index contributed by atoms with van der Waals surface area (Å²) in [4.78, 5) is 1.95. The van der Waals surface area contributed by atoms with E-state index in [9.17, 15) is 4.39 Å². The van der Waals surface area contributed by atoms with Gasteiger partial charge >= 0.3 is 0 Å². The summed E-state index contributed by atoms with van der Waals surface area (Å²) < 4.78 is 13.0. The molecule has 0 spiro atoms. The van der Waals surface area contributed by atoms with Crippen LogP contribution in [0.15, 0.2) is 18.2 Å². The summed E-state index contributed by atoms with van der Waals surface area (Å²) in [7, 11) is 1.88. The van der Waals surface area contributed by atoms with Gasteiger partial charge in [-0.1, -0.05) is 11.6 Å². The Labute approximate surface area is 99.5 Å². The van der Waals surface area contributed by atoms with Crippen molar-refractivity contribution in [2.75, 3.05) is 13.6 Å². The van der Waals surface area contributed by atoms with Crippen LogP contribution in [0, 0.1) is 11.2 Å². The smallest absolute Gasteiger partial charge is 0.123 e. The molecule has 0 amide bonds. The quantitative estimate of drug-likeness (QED) is 0.616. The highest BCUT2D eigenvalue weighted by atomic mass is 35.5. The van der Waals surface area contributed by atoms with Gasteiger partial charge in [-0.3, -0.25) is 5.41 Å². The molecule has 88 valence electrons. The Morgan fingerprint density at radius 3 is 2.88 bits per heavy atom. The molecule has 0 fully saturated rings. The number of amidine groups is 1. The van der Waals surface area contributed by atoms with E-state index in [1.165, 1.54) is 12.1 Å². The Balaban J connectivity index is 2.58. The SMILES string of the molecule is CN(CCC(=N)N)Cc1cc(F)ccc1Cl. The van der Waals surface area contributed by atoms with Gasteiger partial charge in [-0.15, -0.1) is 0 Å². The molecule has 0 aliphatic heterocycles. The highest BCUT2D eigenvalue weighted by molar-refractivity contribution is 6.31. The zero-order valence-corrected chi connectivity index (χ0v) is 9.89. The second-order valence-corrected chi connectivity index (χ2v) is 4.16. The Hall–Kier alpha value is -1.13. The van der Waals surface area contributed by atoms with Crippen LogP contribution in [-0.4, -0.2) is 24.3 Å². The van der Waals surface area contributed by atoms with Crippen LogP contribution in [0.3, 0.4) is 0 Å². The van der Waals surface area contributed by atoms with Gasteiger partial charge in [0.05, 0.1) is 5.84 Å². The molecule has 0 heterocycles. The van der Waals surface area contributed by atoms with Crippen LogP contribution in [0.4, 0.5) is 4.39 Å². The van der Waals surface area contributed by atoms with Crippen molar-refractivity contribution >= 4 is 17.4 Å². The van der Waals surface area contributed by atoms with Gasteiger partial charge in [0.1, 0.15) is 5.82 Å². The summed E-state index contributed by atoms with van der Waals surface area (Å²) in [6.07, 6.45) is 0.503. The first kappa shape index (κ1) is 12.9. The van der Waals surface area contributed by atoms with E-state index in [4.69, 9.17) is 22.7 Å². The van der Waals surface area contributed by atoms with Crippen LogP contribution in [-0.2, 0) is 6.54 Å². The van der Waals surface area contributed by atoms with Crippen molar-refractivity contribution in [3.63, 3.8) is 0 Å². The van der Waals surface area contributed by atoms with E-state index < -0.39 is 0 Å². The van der Waals surface area contributed by atoms with E-state index in [-0.39, 0.29) is 11.7 Å². The molecule has 0 atom stereocenters. The van der Waals surface area contributed by atoms with Crippen molar-refractivity contribution in [3.8, 4) is 0 Å². The van der Waals surface area contributed by atoms with E-state index in [1.807, 2.05) is 11.9 Å². The fourth-order valence-electron chi connectivity index (χ4n) is 1.35. The van der Waals surface area contributed by atoms with Crippen LogP contribution in [0.25, 0.3) is 0 Å². The molecule has 0 saturated carbocycles. The molecule has 0 radical (unpaired) electrons. The standard InChI is InChI=1S/C11H15ClFN3/c1-16(5-4-11(14)15)7-8-6-9(13)2-3-10(8)12/h2-3,6H,4-5,7H2,1H3,(H3,14,15). The second kappa shape index (κ2) is 5.82. The minimum absolute atomic E-state index is 0.150. The fraction of sp³-hybridized carbons (Fsp3) is 0.364. The number of halogens is 2. The lowest BCUT2D eigenvalue weighted by molar-refractivity contribution is 0.336. The lowest BCUT2D eigenvalue weighted by atomic mass is 10.2. The molecule has 1 aromatic rings. The third-order valence-electron chi connectivity index (χ3n) is 2.21. The lowest BCUT2D eigenvalue weighted by Crippen LogP contribution is -2.24. The molecule has 1 rings (SSSR count). The van der Waals surface area contributed by atoms with Crippen LogP contribution in [0.5, 0.6) is 0 Å². The Morgan fingerprint density at radius 2 is 2.25 bits per heavy atom. The summed E-state index contributed by atoms with van der Waals surface area (Å²) in [6.45, 7) is 1.20. The number of hydrogen-bond donors (Lipinski definition) is 2. The van der Waals surface area contributed by atoms with Gasteiger partial charge in [0, 0.05) is 24.5 Å². The van der Waals surface area contributed by atoms with Gasteiger partial charge in [-0.25, -0.2) is 4.39 Å². The summed E-state index contributed by atoms with van der Waals surface area (Å²) in [5, 5.41) is 7.66. The van der Waals surface area contributed by atoms with E-state index >= 15 is 0 Å². The normalized spacial score (nSPS) is 10.8. The number of nitrogens with two attached hydrogens (primary N) is 1. The molecule has 5 heteroatoms. The van der Waals surface area contributed by atoms with Gasteiger partial charge in [0.15, 0.2) is 0 Å². The molecule has 0 aromatic heterocycles. The molecule has 0 saturated heterocycles. The fourth-order valence-corrected chi connectivity index (χ4v) is 1.52. The van der Waals surface area contributed by atoms with Crippen LogP contribution in [0.2, 0.25) is 5.02 Å². The number of rotatable bonds is 5. The van der Waals surface area contributed by atoms with Crippen molar-refractivity contribution in [2.45, 2.75) is 13.0 Å². The molecule has 1 aromatic carbocycles. The first-order chi connectivity index (χ1) is 7.49. The predicted octanol–water partition coefficient (Wildman–Crippen LogP) is 2.24. The van der Waals surface area contributed by atoms with Crippen molar-refractivity contribution in [1.29, 1.82) is 5.41 Å². The topological polar surface area (TPSA) is 53.1 Å². The van der Waals surface area contributed by atoms with Crippen molar-refractivity contribution in [1.82, 2.24) is 4.90 Å². The maximum absolute atomic E-state index is 13.0. The first-order valence-electron chi connectivity index (χ1n) is 4.94. The van der Waals surface area contributed by atoms with Gasteiger partial charge in [-0.2, -0.15) is 0 Å². The Bertz CT molecular complexity index is 381. The van der Waals surface area contributed by atoms with Gasteiger partial charge in [-0.05, 0) is 30.8 Å². The van der Waals surface area contributed by atoms with Gasteiger partial charge < -0.3 is 10.6 Å². The molecule has 3 nitrogen and oxygen atoms in total. The maximum atomic E-state index is 13.0. The zero-order valence-electron chi connectivity index (χ0n) is 9.13. The molecule has 0 bridgehead atoms. The van der Waals surface area contributed by atoms with Crippen LogP contribution >= 0.6 is 11.6 Å². The highest BCUT2D eigenvalue weighted by Gasteiger charge is 2.06. The number of nitrogens with zero attached hydrogens (tertiary/aromatic N) is 1. The van der Waals surface area contributed by atoms with Gasteiger partial charge in [0.2, 0.25) is 0 Å². The zero-order chi connectivity index (χ0) is 12.1. The largest absolute Gasteiger partial charge is 0.388 e. The van der Waals surface area contributed by atoms with Crippen molar-refractivity contribution in [3.05, 3.63) is 34.6 Å². The van der Waals surface area contributed by atoms with Crippen molar-refractivity contribution < 1.29 is 4.39 Å². The van der Waals surface area contributed by atoms with Crippen molar-refractivity contribution in [2.24, 2.45) is 5.73 Å². The second-order valence-electron chi connectivity index (χ2n) is 3.75. The summed E-state index contributed by atoms with van der Waals surface area (Å²) in [6, 6.07) is 4.30. The molecule has 16 heavy (non-hydrogen) atoms. The first-order valence-corrected chi connectivity index (χ1v) is 5.32. The molecule has 0 aliphatic rings. The molecular formula is C11H15ClFN3. The molecule has 0 aliphatic carbocycles. The summed E-state index contributed by atoms with van der Waals surface area (Å²) in [5.41, 5.74) is 6.00. The number of nitrogens with one attached hydrogen (secondary N) is 1. The minimum atomic E-state index is -0.292. The average molecular weight is 244 g/mol. The third kappa shape index (κ3) is 4.16. The summed E-state index contributed by atoms with van der Waals surface area (Å²) >= 11 is 5.94. The van der Waals surface area contributed by atoms with E-state index in [2.05, 4.69) is 0 Å². The van der Waals surface area contributed by atoms with Gasteiger partial charge in [0.25, 0.3) is 0 Å². The minimum Gasteiger partial charge on any atom is -0.388 e. The number of hydrogen-bond acceptors (Lipinski definition) is 2. The predicted molar refractivity (Wildman–Crippen MR) is 64.3 cm³/mol. The lowest BCUT2D eigenvalue weighted by Gasteiger charge is -2.17. The monoisotopic (exact) mass is 243 g/mol. The Morgan fingerprint density at radius 1 is 1.56 bits per heavy atom. The van der Waals surface area contributed by atoms with Crippen LogP contribution < -0.4 is 5.73 Å². The third-order valence-corrected chi connectivity index (χ3v) is 2.58. The number of benzene rings is 1. The van der Waals surface area contributed by atoms with E-state index in [0.717, 1.165) is 5.56 Å². The van der Waals surface area contributed by atoms with Crippen LogP contribution in [0.1, 0.15) is 12.0 Å². The molecule has 3 N–H and O–H groups in total. The Kier molecular flexibility index (Phi) is 4.71.